The second-order valence-electron chi connectivity index (χ2n) is 6.60. The highest BCUT2D eigenvalue weighted by Gasteiger charge is 2.40. The zero-order valence-corrected chi connectivity index (χ0v) is 16.5. The van der Waals surface area contributed by atoms with Crippen molar-refractivity contribution in [3.05, 3.63) is 95.2 Å². The van der Waals surface area contributed by atoms with Crippen LogP contribution in [-0.2, 0) is 6.18 Å². The largest absolute Gasteiger partial charge is 0.451 e. The lowest BCUT2D eigenvalue weighted by atomic mass is 10.1. The Balaban J connectivity index is 1.60. The highest BCUT2D eigenvalue weighted by Crippen LogP contribution is 2.39. The van der Waals surface area contributed by atoms with E-state index in [0.29, 0.717) is 27.4 Å². The Bertz CT molecular complexity index is 1200. The molecular formula is C23H14ClF3N2O2. The summed E-state index contributed by atoms with van der Waals surface area (Å²) in [5.74, 6) is -1.66. The van der Waals surface area contributed by atoms with E-state index in [1.165, 1.54) is 24.3 Å². The minimum absolute atomic E-state index is 0.165. The number of hydrogen-bond acceptors (Lipinski definition) is 3. The van der Waals surface area contributed by atoms with Crippen LogP contribution in [0.1, 0.15) is 16.1 Å². The Morgan fingerprint density at radius 2 is 1.52 bits per heavy atom. The van der Waals surface area contributed by atoms with E-state index < -0.39 is 11.9 Å². The molecule has 156 valence electrons. The topological polar surface area (TPSA) is 55.1 Å². The number of alkyl halides is 3. The van der Waals surface area contributed by atoms with Gasteiger partial charge < -0.3 is 9.73 Å². The second kappa shape index (κ2) is 8.28. The second-order valence-corrected chi connectivity index (χ2v) is 7.04. The molecule has 0 aliphatic heterocycles. The van der Waals surface area contributed by atoms with Gasteiger partial charge in [-0.1, -0.05) is 41.9 Å². The van der Waals surface area contributed by atoms with Crippen molar-refractivity contribution < 1.29 is 22.4 Å². The van der Waals surface area contributed by atoms with Crippen molar-refractivity contribution in [2.45, 2.75) is 6.18 Å². The highest BCUT2D eigenvalue weighted by molar-refractivity contribution is 6.30. The molecule has 0 atom stereocenters. The first-order chi connectivity index (χ1) is 14.8. The fraction of sp³-hybridized carbons (Fsp3) is 0.0435. The van der Waals surface area contributed by atoms with Crippen molar-refractivity contribution in [1.82, 2.24) is 4.98 Å². The zero-order valence-electron chi connectivity index (χ0n) is 15.8. The maximum Gasteiger partial charge on any atom is 0.451 e. The van der Waals surface area contributed by atoms with Crippen LogP contribution in [0.3, 0.4) is 0 Å². The van der Waals surface area contributed by atoms with Gasteiger partial charge in [-0.2, -0.15) is 13.2 Å². The molecule has 8 heteroatoms. The van der Waals surface area contributed by atoms with E-state index in [4.69, 9.17) is 16.0 Å². The smallest absolute Gasteiger partial charge is 0.431 e. The average molecular weight is 443 g/mol. The van der Waals surface area contributed by atoms with E-state index in [2.05, 4.69) is 10.3 Å². The molecule has 3 aromatic carbocycles. The molecule has 4 aromatic rings. The lowest BCUT2D eigenvalue weighted by Gasteiger charge is -2.06. The summed E-state index contributed by atoms with van der Waals surface area (Å²) < 4.78 is 45.5. The molecule has 1 heterocycles. The first-order valence-corrected chi connectivity index (χ1v) is 9.50. The van der Waals surface area contributed by atoms with E-state index in [9.17, 15) is 18.0 Å². The molecule has 4 rings (SSSR count). The predicted octanol–water partition coefficient (Wildman–Crippen LogP) is 6.93. The minimum atomic E-state index is -4.69. The van der Waals surface area contributed by atoms with Crippen molar-refractivity contribution in [2.75, 3.05) is 5.32 Å². The standard InChI is InChI=1S/C23H14ClF3N2O2/c24-17-10-6-15(7-11-17)21(30)28-18-12-8-16(9-13-18)22-29-19(14-4-2-1-3-5-14)20(31-22)23(25,26)27/h1-13H,(H,28,30). The number of nitrogens with one attached hydrogen (secondary N) is 1. The predicted molar refractivity (Wildman–Crippen MR) is 112 cm³/mol. The number of rotatable bonds is 4. The summed E-state index contributed by atoms with van der Waals surface area (Å²) in [6.07, 6.45) is -4.69. The number of carbonyl (C=O) groups excluding carboxylic acids is 1. The first kappa shape index (κ1) is 20.7. The molecule has 0 saturated carbocycles. The summed E-state index contributed by atoms with van der Waals surface area (Å²) in [7, 11) is 0. The van der Waals surface area contributed by atoms with Crippen molar-refractivity contribution in [3.63, 3.8) is 0 Å². The maximum absolute atomic E-state index is 13.5. The van der Waals surface area contributed by atoms with Crippen LogP contribution < -0.4 is 5.32 Å². The quantitative estimate of drug-likeness (QED) is 0.372. The van der Waals surface area contributed by atoms with Gasteiger partial charge in [-0.05, 0) is 48.5 Å². The molecule has 0 spiro atoms. The molecule has 1 amide bonds. The molecule has 1 aromatic heterocycles. The van der Waals surface area contributed by atoms with Gasteiger partial charge in [0, 0.05) is 27.4 Å². The number of carbonyl (C=O) groups is 1. The lowest BCUT2D eigenvalue weighted by molar-refractivity contribution is -0.152. The van der Waals surface area contributed by atoms with Gasteiger partial charge in [0.15, 0.2) is 0 Å². The minimum Gasteiger partial charge on any atom is -0.431 e. The number of aromatic nitrogens is 1. The summed E-state index contributed by atoms with van der Waals surface area (Å²) in [5.41, 5.74) is 1.26. The number of benzene rings is 3. The molecule has 0 unspecified atom stereocenters. The molecule has 1 N–H and O–H groups in total. The number of nitrogens with zero attached hydrogens (tertiary/aromatic N) is 1. The normalized spacial score (nSPS) is 11.4. The van der Waals surface area contributed by atoms with E-state index in [0.717, 1.165) is 0 Å². The number of oxazole rings is 1. The van der Waals surface area contributed by atoms with Crippen LogP contribution in [0.25, 0.3) is 22.7 Å². The highest BCUT2D eigenvalue weighted by atomic mass is 35.5. The summed E-state index contributed by atoms with van der Waals surface area (Å²) >= 11 is 5.82. The molecule has 0 aliphatic carbocycles. The van der Waals surface area contributed by atoms with Crippen LogP contribution in [0.2, 0.25) is 5.02 Å². The first-order valence-electron chi connectivity index (χ1n) is 9.12. The van der Waals surface area contributed by atoms with Crippen LogP contribution in [-0.4, -0.2) is 10.9 Å². The maximum atomic E-state index is 13.5. The number of amides is 1. The van der Waals surface area contributed by atoms with Gasteiger partial charge in [0.2, 0.25) is 11.7 Å². The summed E-state index contributed by atoms with van der Waals surface area (Å²) in [6.45, 7) is 0. The Kier molecular flexibility index (Phi) is 5.52. The molecule has 0 fully saturated rings. The monoisotopic (exact) mass is 442 g/mol. The van der Waals surface area contributed by atoms with Crippen molar-refractivity contribution in [1.29, 1.82) is 0 Å². The molecule has 0 radical (unpaired) electrons. The molecular weight excluding hydrogens is 429 g/mol. The number of halogens is 4. The van der Waals surface area contributed by atoms with Crippen LogP contribution in [0, 0.1) is 0 Å². The summed E-state index contributed by atoms with van der Waals surface area (Å²) in [5, 5.41) is 3.22. The van der Waals surface area contributed by atoms with Crippen molar-refractivity contribution in [3.8, 4) is 22.7 Å². The number of anilines is 1. The molecule has 0 bridgehead atoms. The fourth-order valence-corrected chi connectivity index (χ4v) is 3.05. The Morgan fingerprint density at radius 3 is 2.13 bits per heavy atom. The van der Waals surface area contributed by atoms with Crippen LogP contribution >= 0.6 is 11.6 Å². The van der Waals surface area contributed by atoms with E-state index >= 15 is 0 Å². The average Bonchev–Trinajstić information content (AvgIpc) is 3.21. The summed E-state index contributed by atoms with van der Waals surface area (Å²) in [4.78, 5) is 16.4. The van der Waals surface area contributed by atoms with Gasteiger partial charge in [-0.15, -0.1) is 0 Å². The Hall–Kier alpha value is -3.58. The van der Waals surface area contributed by atoms with Gasteiger partial charge in [0.1, 0.15) is 5.69 Å². The third-order valence-corrected chi connectivity index (χ3v) is 4.68. The van der Waals surface area contributed by atoms with E-state index in [1.54, 1.807) is 54.6 Å². The molecule has 0 saturated heterocycles. The van der Waals surface area contributed by atoms with E-state index in [-0.39, 0.29) is 17.5 Å². The SMILES string of the molecule is O=C(Nc1ccc(-c2nc(-c3ccccc3)c(C(F)(F)F)o2)cc1)c1ccc(Cl)cc1. The fourth-order valence-electron chi connectivity index (χ4n) is 2.93. The van der Waals surface area contributed by atoms with Gasteiger partial charge in [0.05, 0.1) is 0 Å². The van der Waals surface area contributed by atoms with Crippen molar-refractivity contribution >= 4 is 23.2 Å². The van der Waals surface area contributed by atoms with Crippen molar-refractivity contribution in [2.24, 2.45) is 0 Å². The lowest BCUT2D eigenvalue weighted by Crippen LogP contribution is -2.11. The summed E-state index contributed by atoms with van der Waals surface area (Å²) in [6, 6.07) is 20.6. The van der Waals surface area contributed by atoms with Crippen LogP contribution in [0.15, 0.2) is 83.3 Å². The Morgan fingerprint density at radius 1 is 0.871 bits per heavy atom. The van der Waals surface area contributed by atoms with Gasteiger partial charge >= 0.3 is 6.18 Å². The molecule has 31 heavy (non-hydrogen) atoms. The van der Waals surface area contributed by atoms with Crippen LogP contribution in [0.4, 0.5) is 18.9 Å². The third kappa shape index (κ3) is 4.62. The van der Waals surface area contributed by atoms with Gasteiger partial charge in [-0.3, -0.25) is 4.79 Å². The molecule has 0 aliphatic rings. The van der Waals surface area contributed by atoms with E-state index in [1.807, 2.05) is 0 Å². The van der Waals surface area contributed by atoms with Crippen LogP contribution in [0.5, 0.6) is 0 Å². The van der Waals surface area contributed by atoms with Gasteiger partial charge in [-0.25, -0.2) is 4.98 Å². The third-order valence-electron chi connectivity index (χ3n) is 4.43. The van der Waals surface area contributed by atoms with Gasteiger partial charge in [0.25, 0.3) is 5.91 Å². The zero-order chi connectivity index (χ0) is 22.0. The molecule has 4 nitrogen and oxygen atoms in total. The number of hydrogen-bond donors (Lipinski definition) is 1. The Labute approximate surface area is 180 Å².